The molecule has 1 rings (SSSR count). The molecular weight excluding hydrogens is 268 g/mol. The molecule has 2 amide bonds. The van der Waals surface area contributed by atoms with Crippen LogP contribution in [0.4, 0.5) is 0 Å². The average Bonchev–Trinajstić information content (AvgIpc) is 2.90. The summed E-state index contributed by atoms with van der Waals surface area (Å²) in [5.41, 5.74) is 0. The van der Waals surface area contributed by atoms with Crippen molar-refractivity contribution in [2.75, 3.05) is 0 Å². The van der Waals surface area contributed by atoms with E-state index in [4.69, 9.17) is 5.11 Å². The molecule has 1 aromatic rings. The fourth-order valence-electron chi connectivity index (χ4n) is 1.35. The molecule has 0 saturated heterocycles. The number of nitrogens with one attached hydrogen (secondary N) is 3. The third-order valence-electron chi connectivity index (χ3n) is 2.34. The highest BCUT2D eigenvalue weighted by molar-refractivity contribution is 5.95. The van der Waals surface area contributed by atoms with Crippen LogP contribution in [0.15, 0.2) is 12.4 Å². The number of amides is 2. The zero-order valence-electron chi connectivity index (χ0n) is 10.6. The molecule has 0 aliphatic rings. The molecule has 0 spiro atoms. The maximum Gasteiger partial charge on any atom is 0.305 e. The van der Waals surface area contributed by atoms with Crippen molar-refractivity contribution in [3.8, 4) is 0 Å². The lowest BCUT2D eigenvalue weighted by Gasteiger charge is -2.16. The van der Waals surface area contributed by atoms with Crippen LogP contribution in [0.5, 0.6) is 0 Å². The molecule has 0 fully saturated rings. The van der Waals surface area contributed by atoms with Crippen LogP contribution < -0.4 is 10.6 Å². The number of hydrogen-bond donors (Lipinski definition) is 4. The van der Waals surface area contributed by atoms with Crippen molar-refractivity contribution in [1.82, 2.24) is 20.6 Å². The summed E-state index contributed by atoms with van der Waals surface area (Å²) in [6.07, 6.45) is 2.64. The number of carbonyl (C=O) groups excluding carboxylic acids is 3. The lowest BCUT2D eigenvalue weighted by molar-refractivity contribution is -0.138. The fraction of sp³-hybridized carbons (Fsp3) is 0.364. The predicted molar refractivity (Wildman–Crippen MR) is 65.8 cm³/mol. The van der Waals surface area contributed by atoms with E-state index in [-0.39, 0.29) is 5.82 Å². The van der Waals surface area contributed by atoms with Crippen LogP contribution in [0.2, 0.25) is 0 Å². The van der Waals surface area contributed by atoms with Gasteiger partial charge in [-0.3, -0.25) is 14.4 Å². The van der Waals surface area contributed by atoms with Crippen LogP contribution in [-0.4, -0.2) is 51.2 Å². The highest BCUT2D eigenvalue weighted by Gasteiger charge is 2.21. The van der Waals surface area contributed by atoms with Gasteiger partial charge in [-0.2, -0.15) is 0 Å². The first-order chi connectivity index (χ1) is 9.43. The third kappa shape index (κ3) is 4.52. The molecule has 0 aromatic carbocycles. The van der Waals surface area contributed by atoms with Gasteiger partial charge < -0.3 is 25.5 Å². The van der Waals surface area contributed by atoms with Crippen LogP contribution in [-0.2, 0) is 14.4 Å². The number of rotatable bonds is 7. The number of aromatic amines is 1. The summed E-state index contributed by atoms with van der Waals surface area (Å²) in [7, 11) is 0. The van der Waals surface area contributed by atoms with E-state index in [1.54, 1.807) is 0 Å². The summed E-state index contributed by atoms with van der Waals surface area (Å²) in [5.74, 6) is -2.42. The molecule has 0 saturated carbocycles. The number of carbonyl (C=O) groups is 4. The average molecular weight is 282 g/mol. The van der Waals surface area contributed by atoms with Crippen molar-refractivity contribution in [2.45, 2.75) is 25.4 Å². The van der Waals surface area contributed by atoms with Gasteiger partial charge in [-0.1, -0.05) is 0 Å². The second-order valence-electron chi connectivity index (χ2n) is 3.98. The molecule has 0 bridgehead atoms. The Hall–Kier alpha value is -2.71. The van der Waals surface area contributed by atoms with E-state index in [0.29, 0.717) is 6.29 Å². The molecule has 0 radical (unpaired) electrons. The summed E-state index contributed by atoms with van der Waals surface area (Å²) < 4.78 is 0. The van der Waals surface area contributed by atoms with Crippen LogP contribution in [0.3, 0.4) is 0 Å². The number of imidazole rings is 1. The van der Waals surface area contributed by atoms with E-state index in [1.807, 2.05) is 0 Å². The Kier molecular flexibility index (Phi) is 5.39. The fourth-order valence-corrected chi connectivity index (χ4v) is 1.35. The molecule has 9 nitrogen and oxygen atoms in total. The SMILES string of the molecule is C[C@H](NC(=O)c1ncc[nH]1)C(=O)NC(C=O)CC(=O)O. The number of aldehydes is 1. The monoisotopic (exact) mass is 282 g/mol. The minimum absolute atomic E-state index is 0.0436. The Labute approximate surface area is 113 Å². The number of H-pyrrole nitrogens is 1. The largest absolute Gasteiger partial charge is 0.481 e. The van der Waals surface area contributed by atoms with E-state index < -0.39 is 36.3 Å². The van der Waals surface area contributed by atoms with E-state index in [9.17, 15) is 19.2 Å². The van der Waals surface area contributed by atoms with Gasteiger partial charge in [0.2, 0.25) is 5.91 Å². The second-order valence-corrected chi connectivity index (χ2v) is 3.98. The lowest BCUT2D eigenvalue weighted by atomic mass is 10.2. The number of carboxylic acids is 1. The first kappa shape index (κ1) is 15.3. The van der Waals surface area contributed by atoms with Crippen molar-refractivity contribution < 1.29 is 24.3 Å². The van der Waals surface area contributed by atoms with Crippen molar-refractivity contribution >= 4 is 24.1 Å². The molecule has 20 heavy (non-hydrogen) atoms. The van der Waals surface area contributed by atoms with Crippen LogP contribution in [0.1, 0.15) is 24.0 Å². The van der Waals surface area contributed by atoms with Crippen molar-refractivity contribution in [3.05, 3.63) is 18.2 Å². The Morgan fingerprint density at radius 1 is 1.45 bits per heavy atom. The first-order valence-electron chi connectivity index (χ1n) is 5.71. The Morgan fingerprint density at radius 3 is 2.65 bits per heavy atom. The Morgan fingerprint density at radius 2 is 2.15 bits per heavy atom. The van der Waals surface area contributed by atoms with Gasteiger partial charge >= 0.3 is 5.97 Å². The molecular formula is C11H14N4O5. The van der Waals surface area contributed by atoms with E-state index in [1.165, 1.54) is 19.3 Å². The van der Waals surface area contributed by atoms with Crippen molar-refractivity contribution in [2.24, 2.45) is 0 Å². The normalized spacial score (nSPS) is 13.1. The summed E-state index contributed by atoms with van der Waals surface area (Å²) >= 11 is 0. The van der Waals surface area contributed by atoms with Gasteiger partial charge in [0.25, 0.3) is 5.91 Å². The second kappa shape index (κ2) is 7.02. The topological polar surface area (TPSA) is 141 Å². The lowest BCUT2D eigenvalue weighted by Crippen LogP contribution is -2.49. The van der Waals surface area contributed by atoms with Crippen LogP contribution in [0.25, 0.3) is 0 Å². The molecule has 1 heterocycles. The number of aliphatic carboxylic acids is 1. The molecule has 108 valence electrons. The van der Waals surface area contributed by atoms with E-state index in [2.05, 4.69) is 20.6 Å². The van der Waals surface area contributed by atoms with Crippen LogP contribution >= 0.6 is 0 Å². The molecule has 4 N–H and O–H groups in total. The first-order valence-corrected chi connectivity index (χ1v) is 5.71. The minimum Gasteiger partial charge on any atom is -0.481 e. The number of hydrogen-bond acceptors (Lipinski definition) is 5. The van der Waals surface area contributed by atoms with Gasteiger partial charge in [0.05, 0.1) is 12.5 Å². The number of carboxylic acid groups (broad SMARTS) is 1. The van der Waals surface area contributed by atoms with Gasteiger partial charge in [-0.15, -0.1) is 0 Å². The van der Waals surface area contributed by atoms with E-state index >= 15 is 0 Å². The summed E-state index contributed by atoms with van der Waals surface area (Å²) in [6.45, 7) is 1.40. The highest BCUT2D eigenvalue weighted by Crippen LogP contribution is 1.94. The number of aromatic nitrogens is 2. The summed E-state index contributed by atoms with van der Waals surface area (Å²) in [6, 6.07) is -2.08. The maximum absolute atomic E-state index is 11.7. The Balaban J connectivity index is 2.52. The molecule has 9 heteroatoms. The standard InChI is InChI=1S/C11H14N4O5/c1-6(14-11(20)9-12-2-3-13-9)10(19)15-7(5-16)4-8(17)18/h2-3,5-7H,4H2,1H3,(H,12,13)(H,14,20)(H,15,19)(H,17,18)/t6-,7?/m0/s1. The predicted octanol–water partition coefficient (Wildman–Crippen LogP) is -1.31. The Bertz CT molecular complexity index is 499. The van der Waals surface area contributed by atoms with Gasteiger partial charge in [0.15, 0.2) is 5.82 Å². The number of nitrogens with zero attached hydrogens (tertiary/aromatic N) is 1. The molecule has 0 aliphatic carbocycles. The smallest absolute Gasteiger partial charge is 0.305 e. The minimum atomic E-state index is -1.21. The zero-order chi connectivity index (χ0) is 15.1. The molecule has 1 aromatic heterocycles. The van der Waals surface area contributed by atoms with Gasteiger partial charge in [0, 0.05) is 12.4 Å². The molecule has 0 aliphatic heterocycles. The van der Waals surface area contributed by atoms with Gasteiger partial charge in [-0.05, 0) is 6.92 Å². The highest BCUT2D eigenvalue weighted by atomic mass is 16.4. The molecule has 2 atom stereocenters. The van der Waals surface area contributed by atoms with Gasteiger partial charge in [-0.25, -0.2) is 4.98 Å². The summed E-state index contributed by atoms with van der Waals surface area (Å²) in [4.78, 5) is 50.7. The van der Waals surface area contributed by atoms with Crippen LogP contribution in [0, 0.1) is 0 Å². The van der Waals surface area contributed by atoms with E-state index in [0.717, 1.165) is 0 Å². The molecule has 1 unspecified atom stereocenters. The maximum atomic E-state index is 11.7. The zero-order valence-corrected chi connectivity index (χ0v) is 10.6. The summed E-state index contributed by atoms with van der Waals surface area (Å²) in [5, 5.41) is 13.1. The van der Waals surface area contributed by atoms with Gasteiger partial charge in [0.1, 0.15) is 12.3 Å². The quantitative estimate of drug-likeness (QED) is 0.457. The van der Waals surface area contributed by atoms with Crippen molar-refractivity contribution in [1.29, 1.82) is 0 Å². The third-order valence-corrected chi connectivity index (χ3v) is 2.34. The van der Waals surface area contributed by atoms with Crippen molar-refractivity contribution in [3.63, 3.8) is 0 Å².